The van der Waals surface area contributed by atoms with Crippen molar-refractivity contribution in [1.82, 2.24) is 0 Å². The van der Waals surface area contributed by atoms with E-state index >= 15 is 0 Å². The molecular weight excluding hydrogens is 360 g/mol. The zero-order chi connectivity index (χ0) is 20.7. The molecule has 2 rings (SSSR count). The van der Waals surface area contributed by atoms with E-state index in [1.807, 2.05) is 26.0 Å². The van der Waals surface area contributed by atoms with Gasteiger partial charge < -0.3 is 14.2 Å². The van der Waals surface area contributed by atoms with Gasteiger partial charge in [0.15, 0.2) is 12.4 Å². The highest BCUT2D eigenvalue weighted by Crippen LogP contribution is 2.24. The van der Waals surface area contributed by atoms with Crippen LogP contribution in [0.5, 0.6) is 11.5 Å². The molecular formula is C22H24O6. The standard InChI is InChI=1S/C22H24O6/c1-14-5-6-16(11-15(14)2)19(23)8-10-22(25)28-13-20(24)18-12-17(26-3)7-9-21(18)27-4/h5-7,9,11-12H,8,10,13H2,1-4H3. The van der Waals surface area contributed by atoms with E-state index in [1.165, 1.54) is 20.3 Å². The van der Waals surface area contributed by atoms with Gasteiger partial charge in [0.2, 0.25) is 5.78 Å². The number of aryl methyl sites for hydroxylation is 2. The Labute approximate surface area is 164 Å². The zero-order valence-corrected chi connectivity index (χ0v) is 16.5. The molecule has 0 aliphatic heterocycles. The number of hydrogen-bond donors (Lipinski definition) is 0. The summed E-state index contributed by atoms with van der Waals surface area (Å²) in [6.07, 6.45) is -0.0632. The van der Waals surface area contributed by atoms with Crippen LogP contribution in [0.4, 0.5) is 0 Å². The van der Waals surface area contributed by atoms with Crippen LogP contribution in [0.3, 0.4) is 0 Å². The van der Waals surface area contributed by atoms with E-state index < -0.39 is 18.4 Å². The molecule has 148 valence electrons. The predicted octanol–water partition coefficient (Wildman–Crippen LogP) is 3.71. The van der Waals surface area contributed by atoms with Crippen LogP contribution in [0.2, 0.25) is 0 Å². The number of ketones is 2. The number of Topliss-reactive ketones (excluding diaryl/α,β-unsaturated/α-hetero) is 2. The first-order chi connectivity index (χ1) is 13.3. The molecule has 28 heavy (non-hydrogen) atoms. The average Bonchev–Trinajstić information content (AvgIpc) is 2.71. The summed E-state index contributed by atoms with van der Waals surface area (Å²) in [7, 11) is 2.94. The SMILES string of the molecule is COc1ccc(OC)c(C(=O)COC(=O)CCC(=O)c2ccc(C)c(C)c2)c1. The van der Waals surface area contributed by atoms with Crippen LogP contribution < -0.4 is 9.47 Å². The normalized spacial score (nSPS) is 10.3. The minimum Gasteiger partial charge on any atom is -0.497 e. The lowest BCUT2D eigenvalue weighted by Gasteiger charge is -2.10. The monoisotopic (exact) mass is 384 g/mol. The number of methoxy groups -OCH3 is 2. The Balaban J connectivity index is 1.89. The number of hydrogen-bond acceptors (Lipinski definition) is 6. The summed E-state index contributed by atoms with van der Waals surface area (Å²) in [6, 6.07) is 10.2. The van der Waals surface area contributed by atoms with Gasteiger partial charge in [0, 0.05) is 12.0 Å². The predicted molar refractivity (Wildman–Crippen MR) is 104 cm³/mol. The lowest BCUT2D eigenvalue weighted by molar-refractivity contribution is -0.142. The molecule has 0 fully saturated rings. The van der Waals surface area contributed by atoms with E-state index in [2.05, 4.69) is 0 Å². The van der Waals surface area contributed by atoms with E-state index in [0.717, 1.165) is 11.1 Å². The Morgan fingerprint density at radius 3 is 2.21 bits per heavy atom. The highest BCUT2D eigenvalue weighted by molar-refractivity contribution is 6.01. The first kappa shape index (κ1) is 21.2. The second-order valence-electron chi connectivity index (χ2n) is 6.37. The van der Waals surface area contributed by atoms with Crippen molar-refractivity contribution in [2.24, 2.45) is 0 Å². The van der Waals surface area contributed by atoms with Crippen molar-refractivity contribution in [3.05, 3.63) is 58.7 Å². The van der Waals surface area contributed by atoms with Crippen LogP contribution in [0.1, 0.15) is 44.7 Å². The van der Waals surface area contributed by atoms with Gasteiger partial charge in [-0.05, 0) is 49.2 Å². The third-order valence-corrected chi connectivity index (χ3v) is 4.46. The first-order valence-electron chi connectivity index (χ1n) is 8.87. The van der Waals surface area contributed by atoms with E-state index in [0.29, 0.717) is 17.1 Å². The van der Waals surface area contributed by atoms with E-state index in [1.54, 1.807) is 18.2 Å². The van der Waals surface area contributed by atoms with Crippen molar-refractivity contribution < 1.29 is 28.6 Å². The first-order valence-corrected chi connectivity index (χ1v) is 8.87. The van der Waals surface area contributed by atoms with Crippen LogP contribution in [0, 0.1) is 13.8 Å². The molecule has 0 atom stereocenters. The molecule has 0 saturated carbocycles. The Morgan fingerprint density at radius 1 is 0.821 bits per heavy atom. The van der Waals surface area contributed by atoms with Gasteiger partial charge in [0.1, 0.15) is 11.5 Å². The highest BCUT2D eigenvalue weighted by Gasteiger charge is 2.17. The molecule has 0 amide bonds. The van der Waals surface area contributed by atoms with Crippen molar-refractivity contribution in [3.63, 3.8) is 0 Å². The summed E-state index contributed by atoms with van der Waals surface area (Å²) < 4.78 is 15.3. The largest absolute Gasteiger partial charge is 0.497 e. The van der Waals surface area contributed by atoms with Crippen LogP contribution >= 0.6 is 0 Å². The quantitative estimate of drug-likeness (QED) is 0.484. The Kier molecular flexibility index (Phi) is 7.32. The summed E-state index contributed by atoms with van der Waals surface area (Å²) in [6.45, 7) is 3.47. The van der Waals surface area contributed by atoms with Crippen molar-refractivity contribution in [1.29, 1.82) is 0 Å². The van der Waals surface area contributed by atoms with Gasteiger partial charge in [-0.1, -0.05) is 12.1 Å². The average molecular weight is 384 g/mol. The minimum absolute atomic E-state index is 0.0258. The molecule has 2 aromatic rings. The lowest BCUT2D eigenvalue weighted by Crippen LogP contribution is -2.16. The smallest absolute Gasteiger partial charge is 0.306 e. The highest BCUT2D eigenvalue weighted by atomic mass is 16.5. The van der Waals surface area contributed by atoms with Gasteiger partial charge in [0.05, 0.1) is 26.2 Å². The minimum atomic E-state index is -0.604. The lowest BCUT2D eigenvalue weighted by atomic mass is 10.0. The van der Waals surface area contributed by atoms with Gasteiger partial charge in [-0.25, -0.2) is 0 Å². The topological polar surface area (TPSA) is 78.9 Å². The molecule has 0 aromatic heterocycles. The summed E-state index contributed by atoms with van der Waals surface area (Å²) in [4.78, 5) is 36.5. The molecule has 0 aliphatic rings. The molecule has 0 aliphatic carbocycles. The maximum absolute atomic E-state index is 12.3. The summed E-state index contributed by atoms with van der Waals surface area (Å²) >= 11 is 0. The maximum Gasteiger partial charge on any atom is 0.306 e. The van der Waals surface area contributed by atoms with Crippen molar-refractivity contribution in [3.8, 4) is 11.5 Å². The van der Waals surface area contributed by atoms with Crippen molar-refractivity contribution in [2.45, 2.75) is 26.7 Å². The molecule has 0 unspecified atom stereocenters. The molecule has 0 saturated heterocycles. The summed E-state index contributed by atoms with van der Waals surface area (Å²) in [5, 5.41) is 0. The van der Waals surface area contributed by atoms with Crippen LogP contribution in [0.15, 0.2) is 36.4 Å². The van der Waals surface area contributed by atoms with Gasteiger partial charge >= 0.3 is 5.97 Å². The number of ether oxygens (including phenoxy) is 3. The molecule has 0 bridgehead atoms. The van der Waals surface area contributed by atoms with Gasteiger partial charge in [0.25, 0.3) is 0 Å². The van der Waals surface area contributed by atoms with E-state index in [4.69, 9.17) is 14.2 Å². The Bertz CT molecular complexity index is 885. The van der Waals surface area contributed by atoms with E-state index in [9.17, 15) is 14.4 Å². The van der Waals surface area contributed by atoms with E-state index in [-0.39, 0.29) is 24.2 Å². The Morgan fingerprint density at radius 2 is 1.57 bits per heavy atom. The van der Waals surface area contributed by atoms with Gasteiger partial charge in [-0.2, -0.15) is 0 Å². The Hall–Kier alpha value is -3.15. The van der Waals surface area contributed by atoms with Crippen LogP contribution in [-0.2, 0) is 9.53 Å². The summed E-state index contributed by atoms with van der Waals surface area (Å²) in [5.74, 6) is -0.293. The fourth-order valence-electron chi connectivity index (χ4n) is 2.60. The second-order valence-corrected chi connectivity index (χ2v) is 6.37. The fraction of sp³-hybridized carbons (Fsp3) is 0.318. The number of rotatable bonds is 9. The van der Waals surface area contributed by atoms with Crippen molar-refractivity contribution >= 4 is 17.5 Å². The maximum atomic E-state index is 12.3. The number of carbonyl (C=O) groups is 3. The molecule has 0 N–H and O–H groups in total. The fourth-order valence-corrected chi connectivity index (χ4v) is 2.60. The number of esters is 1. The molecule has 0 spiro atoms. The van der Waals surface area contributed by atoms with Crippen LogP contribution in [0.25, 0.3) is 0 Å². The molecule has 2 aromatic carbocycles. The summed E-state index contributed by atoms with van der Waals surface area (Å²) in [5.41, 5.74) is 2.95. The van der Waals surface area contributed by atoms with Crippen LogP contribution in [-0.4, -0.2) is 38.4 Å². The molecule has 6 nitrogen and oxygen atoms in total. The second kappa shape index (κ2) is 9.69. The zero-order valence-electron chi connectivity index (χ0n) is 16.5. The van der Waals surface area contributed by atoms with Crippen molar-refractivity contribution in [2.75, 3.05) is 20.8 Å². The van der Waals surface area contributed by atoms with Gasteiger partial charge in [-0.15, -0.1) is 0 Å². The molecule has 0 heterocycles. The van der Waals surface area contributed by atoms with Gasteiger partial charge in [-0.3, -0.25) is 14.4 Å². The molecule has 6 heteroatoms. The number of benzene rings is 2. The third-order valence-electron chi connectivity index (χ3n) is 4.46. The third kappa shape index (κ3) is 5.42. The molecule has 0 radical (unpaired) electrons. The number of carbonyl (C=O) groups excluding carboxylic acids is 3.